The van der Waals surface area contributed by atoms with Crippen molar-refractivity contribution in [2.75, 3.05) is 32.5 Å². The number of carbonyl (C=O) groups is 2. The van der Waals surface area contributed by atoms with Gasteiger partial charge in [-0.2, -0.15) is 4.31 Å². The summed E-state index contributed by atoms with van der Waals surface area (Å²) in [7, 11) is -8.14. The van der Waals surface area contributed by atoms with Gasteiger partial charge in [-0.15, -0.1) is 0 Å². The van der Waals surface area contributed by atoms with Crippen LogP contribution in [0.2, 0.25) is 0 Å². The van der Waals surface area contributed by atoms with Gasteiger partial charge in [-0.05, 0) is 48.1 Å². The first-order valence-corrected chi connectivity index (χ1v) is 18.6. The van der Waals surface area contributed by atoms with Crippen LogP contribution in [0.5, 0.6) is 0 Å². The standard InChI is InChI=1S/C33H44FN4O9PS.Na/c1-23(2)21-38(49(44,45)27-17-18-29(35)28(34)20-27)26(22-47-48(41,42)43)16-10-11-19-36-32(39)31(37-33(40)46-3)30(24-12-6-4-7-13-24)25-14-8-5-9-15-25;/h4-9,12-15,17-18,20,23,26,30-31H,10-11,16,19,21-22,35H2,1-3H3,(H,36,39)(H,37,40)(H2,41,42,43);/t26-,31-;/m0./s1. The largest absolute Gasteiger partial charge is 0.469 e. The fourth-order valence-corrected chi connectivity index (χ4v) is 7.49. The van der Waals surface area contributed by atoms with Gasteiger partial charge in [0.1, 0.15) is 11.9 Å². The predicted molar refractivity (Wildman–Crippen MR) is 188 cm³/mol. The number of rotatable bonds is 18. The number of nitrogens with two attached hydrogens (primary N) is 1. The number of hydrogen-bond acceptors (Lipinski definition) is 8. The molecule has 0 fully saturated rings. The Morgan fingerprint density at radius 3 is 2.06 bits per heavy atom. The number of alkyl carbamates (subject to hydrolysis) is 1. The van der Waals surface area contributed by atoms with Gasteiger partial charge in [-0.25, -0.2) is 22.2 Å². The number of hydrogen-bond donors (Lipinski definition) is 5. The number of benzene rings is 3. The maximum atomic E-state index is 14.3. The molecule has 0 aromatic heterocycles. The third-order valence-corrected chi connectivity index (χ3v) is 10.0. The number of ether oxygens (including phenoxy) is 1. The molecule has 17 heteroatoms. The van der Waals surface area contributed by atoms with E-state index in [-0.39, 0.29) is 65.6 Å². The van der Waals surface area contributed by atoms with Crippen molar-refractivity contribution in [3.05, 3.63) is 95.8 Å². The van der Waals surface area contributed by atoms with Crippen LogP contribution < -0.4 is 16.4 Å². The zero-order valence-corrected chi connectivity index (χ0v) is 32.3. The summed E-state index contributed by atoms with van der Waals surface area (Å²) in [4.78, 5) is 44.5. The topological polar surface area (TPSA) is 198 Å². The number of halogens is 1. The van der Waals surface area contributed by atoms with Crippen molar-refractivity contribution in [3.8, 4) is 0 Å². The summed E-state index contributed by atoms with van der Waals surface area (Å²) >= 11 is 0. The van der Waals surface area contributed by atoms with Gasteiger partial charge in [0.15, 0.2) is 0 Å². The van der Waals surface area contributed by atoms with Gasteiger partial charge in [0.05, 0.1) is 24.3 Å². The molecule has 0 heterocycles. The molecule has 2 amide bonds. The number of phosphoric acid groups is 1. The molecule has 2 atom stereocenters. The first-order valence-electron chi connectivity index (χ1n) is 15.6. The van der Waals surface area contributed by atoms with Crippen LogP contribution in [0.25, 0.3) is 0 Å². The van der Waals surface area contributed by atoms with E-state index >= 15 is 0 Å². The second-order valence-corrected chi connectivity index (χ2v) is 14.9. The number of phosphoric ester groups is 1. The Kier molecular flexibility index (Phi) is 17.5. The van der Waals surface area contributed by atoms with Crippen molar-refractivity contribution in [1.82, 2.24) is 14.9 Å². The van der Waals surface area contributed by atoms with E-state index < -0.39 is 60.3 Å². The Balaban J connectivity index is 0.00000867. The predicted octanol–water partition coefficient (Wildman–Crippen LogP) is 3.99. The van der Waals surface area contributed by atoms with Crippen molar-refractivity contribution in [3.63, 3.8) is 0 Å². The van der Waals surface area contributed by atoms with Gasteiger partial charge >= 0.3 is 13.9 Å². The van der Waals surface area contributed by atoms with Crippen LogP contribution in [0.15, 0.2) is 83.8 Å². The van der Waals surface area contributed by atoms with Crippen LogP contribution >= 0.6 is 7.82 Å². The number of nitrogen functional groups attached to an aromatic ring is 1. The molecular weight excluding hydrogens is 701 g/mol. The van der Waals surface area contributed by atoms with E-state index in [4.69, 9.17) is 15.0 Å². The third-order valence-electron chi connectivity index (χ3n) is 7.62. The minimum Gasteiger partial charge on any atom is -0.453 e. The van der Waals surface area contributed by atoms with Crippen LogP contribution in [-0.2, 0) is 28.6 Å². The van der Waals surface area contributed by atoms with E-state index in [1.165, 1.54) is 7.11 Å². The smallest absolute Gasteiger partial charge is 0.453 e. The SMILES string of the molecule is COC(=O)N[C@H](C(=O)NCCCC[C@@H](COP(=O)(O)O)N(CC(C)C)S(=O)(=O)c1ccc(N)c(F)c1)C(c1ccccc1)c1ccccc1.[Na]. The maximum absolute atomic E-state index is 14.3. The quantitative estimate of drug-likeness (QED) is 0.0550. The summed E-state index contributed by atoms with van der Waals surface area (Å²) in [6.45, 7) is 2.96. The minimum absolute atomic E-state index is 0. The molecule has 6 N–H and O–H groups in total. The number of carbonyl (C=O) groups excluding carboxylic acids is 2. The average Bonchev–Trinajstić information content (AvgIpc) is 3.06. The van der Waals surface area contributed by atoms with Crippen molar-refractivity contribution in [1.29, 1.82) is 0 Å². The van der Waals surface area contributed by atoms with Crippen LogP contribution in [0, 0.1) is 11.7 Å². The Bertz CT molecular complexity index is 1650. The summed E-state index contributed by atoms with van der Waals surface area (Å²) in [6, 6.07) is 19.4. The second-order valence-electron chi connectivity index (χ2n) is 11.8. The molecule has 0 spiro atoms. The fourth-order valence-electron chi connectivity index (χ4n) is 5.31. The Morgan fingerprint density at radius 1 is 0.980 bits per heavy atom. The summed E-state index contributed by atoms with van der Waals surface area (Å²) in [5.41, 5.74) is 6.87. The van der Waals surface area contributed by atoms with Gasteiger partial charge in [-0.1, -0.05) is 80.9 Å². The summed E-state index contributed by atoms with van der Waals surface area (Å²) in [5.74, 6) is -2.19. The van der Waals surface area contributed by atoms with Crippen LogP contribution in [0.4, 0.5) is 14.9 Å². The molecule has 269 valence electrons. The first-order chi connectivity index (χ1) is 23.1. The summed E-state index contributed by atoms with van der Waals surface area (Å²) in [6.07, 6.45) is -0.0840. The van der Waals surface area contributed by atoms with Crippen molar-refractivity contribution in [2.24, 2.45) is 5.92 Å². The number of methoxy groups -OCH3 is 1. The number of unbranched alkanes of at least 4 members (excludes halogenated alkanes) is 1. The molecule has 3 aromatic carbocycles. The fraction of sp³-hybridized carbons (Fsp3) is 0.394. The van der Waals surface area contributed by atoms with E-state index in [2.05, 4.69) is 10.6 Å². The van der Waals surface area contributed by atoms with E-state index in [1.807, 2.05) is 60.7 Å². The molecule has 50 heavy (non-hydrogen) atoms. The van der Waals surface area contributed by atoms with Crippen LogP contribution in [-0.4, -0.2) is 103 Å². The van der Waals surface area contributed by atoms with Gasteiger partial charge in [-0.3, -0.25) is 9.32 Å². The molecule has 0 aliphatic carbocycles. The molecule has 3 rings (SSSR count). The van der Waals surface area contributed by atoms with Gasteiger partial charge < -0.3 is 30.9 Å². The van der Waals surface area contributed by atoms with E-state index in [9.17, 15) is 36.7 Å². The molecule has 0 saturated carbocycles. The van der Waals surface area contributed by atoms with E-state index in [0.29, 0.717) is 12.8 Å². The number of nitrogens with one attached hydrogen (secondary N) is 2. The van der Waals surface area contributed by atoms with E-state index in [1.54, 1.807) is 13.8 Å². The molecule has 3 aromatic rings. The van der Waals surface area contributed by atoms with Crippen molar-refractivity contribution >= 4 is 65.1 Å². The zero-order chi connectivity index (χ0) is 36.2. The van der Waals surface area contributed by atoms with Crippen molar-refractivity contribution < 1.29 is 46.0 Å². The summed E-state index contributed by atoms with van der Waals surface area (Å²) in [5, 5.41) is 5.50. The normalized spacial score (nSPS) is 13.1. The number of nitrogens with zero attached hydrogens (tertiary/aromatic N) is 1. The molecule has 0 aliphatic heterocycles. The van der Waals surface area contributed by atoms with Crippen LogP contribution in [0.3, 0.4) is 0 Å². The number of amides is 2. The maximum Gasteiger partial charge on any atom is 0.469 e. The average molecular weight is 746 g/mol. The van der Waals surface area contributed by atoms with Crippen molar-refractivity contribution in [2.45, 2.75) is 56.0 Å². The zero-order valence-electron chi connectivity index (χ0n) is 28.6. The molecule has 0 aliphatic rings. The monoisotopic (exact) mass is 745 g/mol. The minimum atomic E-state index is -4.98. The molecule has 0 bridgehead atoms. The second kappa shape index (κ2) is 20.3. The van der Waals surface area contributed by atoms with Gasteiger partial charge in [0, 0.05) is 54.6 Å². The molecule has 0 saturated heterocycles. The Hall–Kier alpha value is -2.85. The molecule has 0 unspecified atom stereocenters. The molecule has 13 nitrogen and oxygen atoms in total. The van der Waals surface area contributed by atoms with Gasteiger partial charge in [0.25, 0.3) is 0 Å². The van der Waals surface area contributed by atoms with Gasteiger partial charge in [0.2, 0.25) is 15.9 Å². The summed E-state index contributed by atoms with van der Waals surface area (Å²) < 4.78 is 64.0. The Labute approximate surface area is 314 Å². The third kappa shape index (κ3) is 13.0. The van der Waals surface area contributed by atoms with E-state index in [0.717, 1.165) is 33.6 Å². The number of anilines is 1. The first kappa shape index (κ1) is 43.3. The Morgan fingerprint density at radius 2 is 1.56 bits per heavy atom. The number of sulfonamides is 1. The molecular formula is C33H44FN4NaO9PS. The molecule has 1 radical (unpaired) electrons. The van der Waals surface area contributed by atoms with Crippen LogP contribution in [0.1, 0.15) is 50.2 Å².